The Labute approximate surface area is 134 Å². The van der Waals surface area contributed by atoms with Gasteiger partial charge in [0.05, 0.1) is 5.41 Å². The molecule has 0 aliphatic rings. The average Bonchev–Trinajstić information content (AvgIpc) is 2.36. The molecule has 0 bridgehead atoms. The number of guanidine groups is 1. The minimum absolute atomic E-state index is 0. The van der Waals surface area contributed by atoms with E-state index >= 15 is 0 Å². The number of nitrogens with one attached hydrogen (secondary N) is 3. The van der Waals surface area contributed by atoms with E-state index in [1.165, 1.54) is 12.8 Å². The second-order valence-corrected chi connectivity index (χ2v) is 5.02. The minimum Gasteiger partial charge on any atom is -0.359 e. The summed E-state index contributed by atoms with van der Waals surface area (Å²) in [5, 5.41) is 9.09. The van der Waals surface area contributed by atoms with Crippen LogP contribution >= 0.6 is 24.0 Å². The van der Waals surface area contributed by atoms with E-state index in [0.717, 1.165) is 18.9 Å². The van der Waals surface area contributed by atoms with Gasteiger partial charge in [-0.2, -0.15) is 0 Å². The third-order valence-corrected chi connectivity index (χ3v) is 2.84. The Morgan fingerprint density at radius 1 is 1.21 bits per heavy atom. The number of carbonyl (C=O) groups excluding carboxylic acids is 1. The molecule has 114 valence electrons. The molecule has 0 rings (SSSR count). The van der Waals surface area contributed by atoms with E-state index < -0.39 is 5.41 Å². The van der Waals surface area contributed by atoms with Crippen LogP contribution in [0.25, 0.3) is 0 Å². The number of halogens is 1. The van der Waals surface area contributed by atoms with E-state index in [9.17, 15) is 4.79 Å². The van der Waals surface area contributed by atoms with Crippen LogP contribution in [0.15, 0.2) is 4.99 Å². The van der Waals surface area contributed by atoms with Gasteiger partial charge in [0.15, 0.2) is 5.96 Å². The molecule has 0 aliphatic heterocycles. The maximum atomic E-state index is 11.6. The zero-order valence-corrected chi connectivity index (χ0v) is 15.1. The van der Waals surface area contributed by atoms with E-state index in [0.29, 0.717) is 6.54 Å². The highest BCUT2D eigenvalue weighted by Gasteiger charge is 2.26. The van der Waals surface area contributed by atoms with Gasteiger partial charge in [0, 0.05) is 27.2 Å². The van der Waals surface area contributed by atoms with Crippen LogP contribution in [0.2, 0.25) is 0 Å². The van der Waals surface area contributed by atoms with Crippen LogP contribution in [-0.2, 0) is 4.79 Å². The summed E-state index contributed by atoms with van der Waals surface area (Å²) < 4.78 is 0. The summed E-state index contributed by atoms with van der Waals surface area (Å²) in [6.45, 7) is 7.46. The molecule has 0 aliphatic carbocycles. The van der Waals surface area contributed by atoms with Crippen LogP contribution in [-0.4, -0.2) is 39.1 Å². The summed E-state index contributed by atoms with van der Waals surface area (Å²) >= 11 is 0. The van der Waals surface area contributed by atoms with Gasteiger partial charge in [-0.25, -0.2) is 0 Å². The molecule has 0 fully saturated rings. The monoisotopic (exact) mass is 384 g/mol. The third-order valence-electron chi connectivity index (χ3n) is 2.84. The molecule has 6 heteroatoms. The van der Waals surface area contributed by atoms with Gasteiger partial charge in [-0.1, -0.05) is 19.8 Å². The first-order valence-electron chi connectivity index (χ1n) is 6.64. The zero-order chi connectivity index (χ0) is 14.0. The number of rotatable bonds is 7. The lowest BCUT2D eigenvalue weighted by molar-refractivity contribution is -0.128. The second-order valence-electron chi connectivity index (χ2n) is 5.02. The number of unbranched alkanes of at least 4 members (excludes halogenated alkanes) is 2. The fourth-order valence-electron chi connectivity index (χ4n) is 1.53. The molecule has 0 unspecified atom stereocenters. The van der Waals surface area contributed by atoms with E-state index in [-0.39, 0.29) is 29.9 Å². The highest BCUT2D eigenvalue weighted by Crippen LogP contribution is 2.12. The minimum atomic E-state index is -0.449. The molecule has 3 N–H and O–H groups in total. The van der Waals surface area contributed by atoms with Crippen molar-refractivity contribution >= 4 is 35.8 Å². The van der Waals surface area contributed by atoms with Crippen LogP contribution in [0, 0.1) is 5.41 Å². The third kappa shape index (κ3) is 9.07. The van der Waals surface area contributed by atoms with Crippen molar-refractivity contribution < 1.29 is 4.79 Å². The first-order valence-corrected chi connectivity index (χ1v) is 6.64. The summed E-state index contributed by atoms with van der Waals surface area (Å²) in [5.74, 6) is 0.777. The van der Waals surface area contributed by atoms with Gasteiger partial charge in [0.1, 0.15) is 0 Å². The molecule has 0 spiro atoms. The summed E-state index contributed by atoms with van der Waals surface area (Å²) in [7, 11) is 3.39. The standard InChI is InChI=1S/C13H28N4O.HI/c1-6-7-8-9-16-12(15-5)17-10-13(2,3)11(18)14-4;/h6-10H2,1-5H3,(H,14,18)(H2,15,16,17);1H. The quantitative estimate of drug-likeness (QED) is 0.271. The van der Waals surface area contributed by atoms with Crippen LogP contribution in [0.5, 0.6) is 0 Å². The van der Waals surface area contributed by atoms with Crippen molar-refractivity contribution in [3.05, 3.63) is 0 Å². The van der Waals surface area contributed by atoms with Crippen molar-refractivity contribution in [2.45, 2.75) is 40.0 Å². The maximum absolute atomic E-state index is 11.6. The van der Waals surface area contributed by atoms with Gasteiger partial charge in [-0.3, -0.25) is 9.79 Å². The smallest absolute Gasteiger partial charge is 0.227 e. The number of amides is 1. The van der Waals surface area contributed by atoms with Crippen molar-refractivity contribution in [2.75, 3.05) is 27.2 Å². The molecule has 0 aromatic heterocycles. The van der Waals surface area contributed by atoms with E-state index in [4.69, 9.17) is 0 Å². The number of aliphatic imine (C=N–C) groups is 1. The highest BCUT2D eigenvalue weighted by atomic mass is 127. The first kappa shape index (κ1) is 20.8. The van der Waals surface area contributed by atoms with Gasteiger partial charge in [-0.05, 0) is 20.3 Å². The SMILES string of the molecule is CCCCCNC(=NC)NCC(C)(C)C(=O)NC.I. The fraction of sp³-hybridized carbons (Fsp3) is 0.846. The van der Waals surface area contributed by atoms with Gasteiger partial charge < -0.3 is 16.0 Å². The molecule has 0 radical (unpaired) electrons. The van der Waals surface area contributed by atoms with Crippen molar-refractivity contribution in [2.24, 2.45) is 10.4 Å². The van der Waals surface area contributed by atoms with Crippen LogP contribution in [0.3, 0.4) is 0 Å². The molecular formula is C13H29IN4O. The molecular weight excluding hydrogens is 355 g/mol. The molecule has 5 nitrogen and oxygen atoms in total. The fourth-order valence-corrected chi connectivity index (χ4v) is 1.53. The van der Waals surface area contributed by atoms with Crippen molar-refractivity contribution in [3.8, 4) is 0 Å². The van der Waals surface area contributed by atoms with E-state index in [1.807, 2.05) is 13.8 Å². The Balaban J connectivity index is 0. The van der Waals surface area contributed by atoms with Gasteiger partial charge in [0.25, 0.3) is 0 Å². The Morgan fingerprint density at radius 3 is 2.32 bits per heavy atom. The average molecular weight is 384 g/mol. The van der Waals surface area contributed by atoms with Crippen molar-refractivity contribution in [1.29, 1.82) is 0 Å². The Hall–Kier alpha value is -0.530. The lowest BCUT2D eigenvalue weighted by Crippen LogP contribution is -2.47. The lowest BCUT2D eigenvalue weighted by Gasteiger charge is -2.24. The Morgan fingerprint density at radius 2 is 1.84 bits per heavy atom. The van der Waals surface area contributed by atoms with Crippen molar-refractivity contribution in [3.63, 3.8) is 0 Å². The van der Waals surface area contributed by atoms with E-state index in [2.05, 4.69) is 27.9 Å². The predicted octanol–water partition coefficient (Wildman–Crippen LogP) is 1.73. The molecule has 0 saturated carbocycles. The summed E-state index contributed by atoms with van der Waals surface area (Å²) in [6.07, 6.45) is 3.56. The molecule has 0 aromatic carbocycles. The number of hydrogen-bond acceptors (Lipinski definition) is 2. The lowest BCUT2D eigenvalue weighted by atomic mass is 9.92. The number of carbonyl (C=O) groups is 1. The van der Waals surface area contributed by atoms with Crippen LogP contribution in [0.1, 0.15) is 40.0 Å². The van der Waals surface area contributed by atoms with Gasteiger partial charge in [-0.15, -0.1) is 24.0 Å². The topological polar surface area (TPSA) is 65.5 Å². The Kier molecular flexibility index (Phi) is 12.4. The maximum Gasteiger partial charge on any atom is 0.227 e. The van der Waals surface area contributed by atoms with Crippen LogP contribution < -0.4 is 16.0 Å². The second kappa shape index (κ2) is 11.3. The molecule has 0 saturated heterocycles. The molecule has 19 heavy (non-hydrogen) atoms. The van der Waals surface area contributed by atoms with Crippen molar-refractivity contribution in [1.82, 2.24) is 16.0 Å². The largest absolute Gasteiger partial charge is 0.359 e. The molecule has 0 aromatic rings. The normalized spacial score (nSPS) is 11.5. The van der Waals surface area contributed by atoms with Gasteiger partial charge in [0.2, 0.25) is 5.91 Å². The number of hydrogen-bond donors (Lipinski definition) is 3. The summed E-state index contributed by atoms with van der Waals surface area (Å²) in [4.78, 5) is 15.8. The Bertz CT molecular complexity index is 280. The van der Waals surface area contributed by atoms with Gasteiger partial charge >= 0.3 is 0 Å². The molecule has 0 heterocycles. The number of nitrogens with zero attached hydrogens (tertiary/aromatic N) is 1. The summed E-state index contributed by atoms with van der Waals surface area (Å²) in [6, 6.07) is 0. The molecule has 1 amide bonds. The summed E-state index contributed by atoms with van der Waals surface area (Å²) in [5.41, 5.74) is -0.449. The highest BCUT2D eigenvalue weighted by molar-refractivity contribution is 14.0. The van der Waals surface area contributed by atoms with E-state index in [1.54, 1.807) is 14.1 Å². The first-order chi connectivity index (χ1) is 8.47. The zero-order valence-electron chi connectivity index (χ0n) is 12.8. The molecule has 0 atom stereocenters. The van der Waals surface area contributed by atoms with Crippen LogP contribution in [0.4, 0.5) is 0 Å². The predicted molar refractivity (Wildman–Crippen MR) is 92.2 cm³/mol.